The summed E-state index contributed by atoms with van der Waals surface area (Å²) in [5.74, 6) is 0.364. The molecule has 0 spiro atoms. The molecule has 0 aliphatic carbocycles. The number of rotatable bonds is 7. The zero-order chi connectivity index (χ0) is 19.2. The molecule has 1 aromatic heterocycles. The van der Waals surface area contributed by atoms with Gasteiger partial charge in [-0.3, -0.25) is 14.3 Å². The molecule has 1 aliphatic rings. The highest BCUT2D eigenvalue weighted by Gasteiger charge is 2.34. The molecule has 7 heteroatoms. The standard InChI is InChI=1S/C20H27N5O2/c1-23(2)13-14-24-12-10-18(22-24)21-20(27)17-9-6-11-25(17)19(26)15-16-7-4-3-5-8-16/h3-5,7-8,10,12,17H,6,9,11,13-15H2,1-2H3,(H,21,22,27). The van der Waals surface area contributed by atoms with Crippen LogP contribution in [0.5, 0.6) is 0 Å². The lowest BCUT2D eigenvalue weighted by molar-refractivity contribution is -0.136. The second-order valence-corrected chi connectivity index (χ2v) is 7.16. The first kappa shape index (κ1) is 19.1. The number of hydrogen-bond acceptors (Lipinski definition) is 4. The fraction of sp³-hybridized carbons (Fsp3) is 0.450. The van der Waals surface area contributed by atoms with E-state index in [0.717, 1.165) is 25.1 Å². The van der Waals surface area contributed by atoms with E-state index < -0.39 is 6.04 Å². The molecule has 144 valence electrons. The molecule has 2 amide bonds. The zero-order valence-corrected chi connectivity index (χ0v) is 16.0. The van der Waals surface area contributed by atoms with Crippen LogP contribution in [0.1, 0.15) is 18.4 Å². The minimum absolute atomic E-state index is 0.00429. The van der Waals surface area contributed by atoms with E-state index in [0.29, 0.717) is 25.2 Å². The van der Waals surface area contributed by atoms with Gasteiger partial charge in [0.25, 0.3) is 0 Å². The summed E-state index contributed by atoms with van der Waals surface area (Å²) < 4.78 is 1.81. The molecule has 1 fully saturated rings. The van der Waals surface area contributed by atoms with Crippen molar-refractivity contribution in [3.8, 4) is 0 Å². The smallest absolute Gasteiger partial charge is 0.248 e. The first-order chi connectivity index (χ1) is 13.0. The van der Waals surface area contributed by atoms with E-state index in [1.165, 1.54) is 0 Å². The number of benzene rings is 1. The number of aromatic nitrogens is 2. The molecular weight excluding hydrogens is 342 g/mol. The zero-order valence-electron chi connectivity index (χ0n) is 16.0. The molecule has 27 heavy (non-hydrogen) atoms. The number of carbonyl (C=O) groups is 2. The topological polar surface area (TPSA) is 70.5 Å². The van der Waals surface area contributed by atoms with Gasteiger partial charge in [0, 0.05) is 25.4 Å². The molecule has 1 unspecified atom stereocenters. The van der Waals surface area contributed by atoms with Gasteiger partial charge in [-0.2, -0.15) is 5.10 Å². The van der Waals surface area contributed by atoms with Gasteiger partial charge >= 0.3 is 0 Å². The van der Waals surface area contributed by atoms with Gasteiger partial charge in [-0.25, -0.2) is 0 Å². The van der Waals surface area contributed by atoms with Crippen molar-refractivity contribution >= 4 is 17.6 Å². The van der Waals surface area contributed by atoms with Crippen molar-refractivity contribution in [3.05, 3.63) is 48.2 Å². The van der Waals surface area contributed by atoms with Crippen molar-refractivity contribution in [2.75, 3.05) is 32.5 Å². The number of anilines is 1. The largest absolute Gasteiger partial charge is 0.330 e. The number of likely N-dealkylation sites (tertiary alicyclic amines) is 1. The Bertz CT molecular complexity index is 772. The van der Waals surface area contributed by atoms with Gasteiger partial charge in [-0.15, -0.1) is 0 Å². The van der Waals surface area contributed by atoms with E-state index in [2.05, 4.69) is 15.3 Å². The Hall–Kier alpha value is -2.67. The van der Waals surface area contributed by atoms with Crippen LogP contribution in [0.3, 0.4) is 0 Å². The van der Waals surface area contributed by atoms with Crippen LogP contribution >= 0.6 is 0 Å². The van der Waals surface area contributed by atoms with Crippen molar-refractivity contribution in [2.24, 2.45) is 0 Å². The van der Waals surface area contributed by atoms with Crippen LogP contribution in [-0.4, -0.2) is 64.6 Å². The summed E-state index contributed by atoms with van der Waals surface area (Å²) in [6.07, 6.45) is 3.71. The summed E-state index contributed by atoms with van der Waals surface area (Å²) in [5, 5.41) is 7.25. The average molecular weight is 369 g/mol. The fourth-order valence-corrected chi connectivity index (χ4v) is 3.27. The summed E-state index contributed by atoms with van der Waals surface area (Å²) in [4.78, 5) is 29.1. The SMILES string of the molecule is CN(C)CCn1ccc(NC(=O)C2CCCN2C(=O)Cc2ccccc2)n1. The summed E-state index contributed by atoms with van der Waals surface area (Å²) in [5.41, 5.74) is 0.966. The van der Waals surface area contributed by atoms with Gasteiger partial charge in [0.05, 0.1) is 13.0 Å². The number of amides is 2. The molecule has 1 atom stereocenters. The van der Waals surface area contributed by atoms with Gasteiger partial charge in [-0.05, 0) is 32.5 Å². The molecule has 0 bridgehead atoms. The lowest BCUT2D eigenvalue weighted by atomic mass is 10.1. The summed E-state index contributed by atoms with van der Waals surface area (Å²) in [7, 11) is 4.01. The van der Waals surface area contributed by atoms with Crippen LogP contribution < -0.4 is 5.32 Å². The molecule has 1 aromatic carbocycles. The van der Waals surface area contributed by atoms with Crippen molar-refractivity contribution < 1.29 is 9.59 Å². The predicted molar refractivity (Wildman–Crippen MR) is 104 cm³/mol. The van der Waals surface area contributed by atoms with E-state index in [1.807, 2.05) is 55.3 Å². The van der Waals surface area contributed by atoms with Gasteiger partial charge < -0.3 is 15.1 Å². The molecule has 0 saturated carbocycles. The number of hydrogen-bond donors (Lipinski definition) is 1. The van der Waals surface area contributed by atoms with Gasteiger partial charge in [0.2, 0.25) is 11.8 Å². The molecule has 1 N–H and O–H groups in total. The normalized spacial score (nSPS) is 16.7. The fourth-order valence-electron chi connectivity index (χ4n) is 3.27. The Labute approximate surface area is 159 Å². The highest BCUT2D eigenvalue weighted by atomic mass is 16.2. The number of nitrogens with one attached hydrogen (secondary N) is 1. The maximum absolute atomic E-state index is 12.7. The van der Waals surface area contributed by atoms with Gasteiger partial charge in [0.1, 0.15) is 6.04 Å². The minimum Gasteiger partial charge on any atom is -0.330 e. The van der Waals surface area contributed by atoms with Crippen LogP contribution in [0, 0.1) is 0 Å². The minimum atomic E-state index is -0.423. The van der Waals surface area contributed by atoms with E-state index in [1.54, 1.807) is 11.0 Å². The van der Waals surface area contributed by atoms with Crippen molar-refractivity contribution in [2.45, 2.75) is 31.8 Å². The quantitative estimate of drug-likeness (QED) is 0.805. The molecule has 1 saturated heterocycles. The predicted octanol–water partition coefficient (Wildman–Crippen LogP) is 1.62. The third-order valence-corrected chi connectivity index (χ3v) is 4.74. The first-order valence-corrected chi connectivity index (χ1v) is 9.35. The maximum Gasteiger partial charge on any atom is 0.248 e. The lowest BCUT2D eigenvalue weighted by Crippen LogP contribution is -2.43. The second kappa shape index (κ2) is 8.81. The van der Waals surface area contributed by atoms with Crippen LogP contribution in [0.4, 0.5) is 5.82 Å². The number of likely N-dealkylation sites (N-methyl/N-ethyl adjacent to an activating group) is 1. The van der Waals surface area contributed by atoms with Crippen LogP contribution in [0.25, 0.3) is 0 Å². The molecule has 2 heterocycles. The van der Waals surface area contributed by atoms with Gasteiger partial charge in [0.15, 0.2) is 5.82 Å². The molecule has 7 nitrogen and oxygen atoms in total. The molecule has 3 rings (SSSR count). The van der Waals surface area contributed by atoms with Crippen molar-refractivity contribution in [3.63, 3.8) is 0 Å². The number of nitrogens with zero attached hydrogens (tertiary/aromatic N) is 4. The van der Waals surface area contributed by atoms with Crippen LogP contribution in [-0.2, 0) is 22.6 Å². The van der Waals surface area contributed by atoms with Crippen LogP contribution in [0.15, 0.2) is 42.6 Å². The number of carbonyl (C=O) groups excluding carboxylic acids is 2. The summed E-state index contributed by atoms with van der Waals surface area (Å²) in [6, 6.07) is 11.0. The van der Waals surface area contributed by atoms with Crippen molar-refractivity contribution in [1.29, 1.82) is 0 Å². The Balaban J connectivity index is 1.58. The van der Waals surface area contributed by atoms with E-state index >= 15 is 0 Å². The molecular formula is C20H27N5O2. The Morgan fingerprint density at radius 2 is 2.00 bits per heavy atom. The average Bonchev–Trinajstić information content (AvgIpc) is 3.30. The van der Waals surface area contributed by atoms with E-state index in [9.17, 15) is 9.59 Å². The first-order valence-electron chi connectivity index (χ1n) is 9.35. The highest BCUT2D eigenvalue weighted by Crippen LogP contribution is 2.20. The summed E-state index contributed by atoms with van der Waals surface area (Å²) in [6.45, 7) is 2.26. The van der Waals surface area contributed by atoms with Gasteiger partial charge in [-0.1, -0.05) is 30.3 Å². The second-order valence-electron chi connectivity index (χ2n) is 7.16. The Kier molecular flexibility index (Phi) is 6.24. The molecule has 1 aliphatic heterocycles. The molecule has 2 aromatic rings. The maximum atomic E-state index is 12.7. The molecule has 0 radical (unpaired) electrons. The van der Waals surface area contributed by atoms with E-state index in [-0.39, 0.29) is 11.8 Å². The monoisotopic (exact) mass is 369 g/mol. The summed E-state index contributed by atoms with van der Waals surface area (Å²) >= 11 is 0. The Morgan fingerprint density at radius 3 is 2.74 bits per heavy atom. The lowest BCUT2D eigenvalue weighted by Gasteiger charge is -2.23. The van der Waals surface area contributed by atoms with Crippen LogP contribution in [0.2, 0.25) is 0 Å². The van der Waals surface area contributed by atoms with Crippen molar-refractivity contribution in [1.82, 2.24) is 19.6 Å². The highest BCUT2D eigenvalue weighted by molar-refractivity contribution is 5.97. The third kappa shape index (κ3) is 5.17. The Morgan fingerprint density at radius 1 is 1.22 bits per heavy atom. The third-order valence-electron chi connectivity index (χ3n) is 4.74. The van der Waals surface area contributed by atoms with E-state index in [4.69, 9.17) is 0 Å².